The second-order valence-electron chi connectivity index (χ2n) is 5.78. The van der Waals surface area contributed by atoms with Crippen molar-refractivity contribution in [2.45, 2.75) is 57.9 Å². The van der Waals surface area contributed by atoms with E-state index in [2.05, 4.69) is 10.2 Å². The van der Waals surface area contributed by atoms with E-state index in [4.69, 9.17) is 0 Å². The second kappa shape index (κ2) is 6.39. The van der Waals surface area contributed by atoms with Gasteiger partial charge in [-0.1, -0.05) is 19.3 Å². The lowest BCUT2D eigenvalue weighted by molar-refractivity contribution is -0.119. The Labute approximate surface area is 105 Å². The van der Waals surface area contributed by atoms with Gasteiger partial charge in [-0.05, 0) is 31.6 Å². The first-order chi connectivity index (χ1) is 8.24. The van der Waals surface area contributed by atoms with Gasteiger partial charge in [0, 0.05) is 32.6 Å². The molecule has 0 bridgehead atoms. The van der Waals surface area contributed by atoms with E-state index in [1.54, 1.807) is 6.92 Å². The molecular weight excluding hydrogens is 212 g/mol. The van der Waals surface area contributed by atoms with Crippen LogP contribution in [-0.2, 0) is 4.79 Å². The highest BCUT2D eigenvalue weighted by Crippen LogP contribution is 2.25. The van der Waals surface area contributed by atoms with Gasteiger partial charge in [-0.15, -0.1) is 0 Å². The molecule has 98 valence electrons. The minimum atomic E-state index is 0.121. The molecule has 1 aliphatic heterocycles. The molecule has 0 aromatic heterocycles. The van der Waals surface area contributed by atoms with Crippen LogP contribution in [0.15, 0.2) is 0 Å². The number of likely N-dealkylation sites (tertiary alicyclic amines) is 1. The predicted octanol–water partition coefficient (Wildman–Crippen LogP) is 2.17. The number of amides is 1. The van der Waals surface area contributed by atoms with Crippen molar-refractivity contribution in [1.82, 2.24) is 10.2 Å². The Hall–Kier alpha value is -0.570. The molecule has 2 rings (SSSR count). The van der Waals surface area contributed by atoms with Gasteiger partial charge in [0.25, 0.3) is 0 Å². The first-order valence-corrected chi connectivity index (χ1v) is 7.23. The van der Waals surface area contributed by atoms with Crippen LogP contribution in [-0.4, -0.2) is 36.5 Å². The summed E-state index contributed by atoms with van der Waals surface area (Å²) in [5.74, 6) is 1.07. The summed E-state index contributed by atoms with van der Waals surface area (Å²) in [7, 11) is 0. The van der Waals surface area contributed by atoms with E-state index >= 15 is 0 Å². The highest BCUT2D eigenvalue weighted by atomic mass is 16.1. The zero-order valence-corrected chi connectivity index (χ0v) is 11.1. The van der Waals surface area contributed by atoms with Crippen LogP contribution in [0.25, 0.3) is 0 Å². The maximum absolute atomic E-state index is 11.0. The van der Waals surface area contributed by atoms with Crippen LogP contribution in [0.1, 0.15) is 51.9 Å². The Kier molecular flexibility index (Phi) is 4.84. The third-order valence-corrected chi connectivity index (χ3v) is 4.24. The van der Waals surface area contributed by atoms with Crippen LogP contribution in [0.2, 0.25) is 0 Å². The van der Waals surface area contributed by atoms with Gasteiger partial charge in [0.1, 0.15) is 0 Å². The fraction of sp³-hybridized carbons (Fsp3) is 0.929. The van der Waals surface area contributed by atoms with E-state index in [0.717, 1.165) is 18.8 Å². The molecule has 1 saturated heterocycles. The summed E-state index contributed by atoms with van der Waals surface area (Å²) >= 11 is 0. The van der Waals surface area contributed by atoms with Crippen LogP contribution >= 0.6 is 0 Å². The van der Waals surface area contributed by atoms with E-state index in [-0.39, 0.29) is 5.91 Å². The minimum Gasteiger partial charge on any atom is -0.354 e. The Bertz CT molecular complexity index is 241. The molecule has 0 aromatic carbocycles. The molecule has 1 N–H and O–H groups in total. The van der Waals surface area contributed by atoms with Crippen molar-refractivity contribution in [1.29, 1.82) is 0 Å². The van der Waals surface area contributed by atoms with Gasteiger partial charge in [0.2, 0.25) is 5.91 Å². The van der Waals surface area contributed by atoms with E-state index in [1.165, 1.54) is 51.7 Å². The summed E-state index contributed by atoms with van der Waals surface area (Å²) in [4.78, 5) is 13.6. The monoisotopic (exact) mass is 238 g/mol. The average molecular weight is 238 g/mol. The summed E-state index contributed by atoms with van der Waals surface area (Å²) in [6.45, 7) is 5.25. The van der Waals surface area contributed by atoms with E-state index in [9.17, 15) is 4.79 Å². The average Bonchev–Trinajstić information content (AvgIpc) is 2.32. The van der Waals surface area contributed by atoms with E-state index in [1.807, 2.05) is 0 Å². The molecule has 17 heavy (non-hydrogen) atoms. The summed E-state index contributed by atoms with van der Waals surface area (Å²) < 4.78 is 0. The third kappa shape index (κ3) is 4.30. The SMILES string of the molecule is CC(=O)NC1CCN(CC2CCCCC2)CC1. The minimum absolute atomic E-state index is 0.121. The Morgan fingerprint density at radius 2 is 1.76 bits per heavy atom. The highest BCUT2D eigenvalue weighted by molar-refractivity contribution is 5.73. The van der Waals surface area contributed by atoms with Crippen LogP contribution in [0.5, 0.6) is 0 Å². The molecule has 0 atom stereocenters. The fourth-order valence-corrected chi connectivity index (χ4v) is 3.28. The van der Waals surface area contributed by atoms with E-state index in [0.29, 0.717) is 6.04 Å². The number of rotatable bonds is 3. The molecule has 0 unspecified atom stereocenters. The fourth-order valence-electron chi connectivity index (χ4n) is 3.28. The van der Waals surface area contributed by atoms with E-state index < -0.39 is 0 Å². The topological polar surface area (TPSA) is 32.3 Å². The van der Waals surface area contributed by atoms with Crippen molar-refractivity contribution in [3.8, 4) is 0 Å². The van der Waals surface area contributed by atoms with Gasteiger partial charge < -0.3 is 10.2 Å². The summed E-state index contributed by atoms with van der Waals surface area (Å²) in [5.41, 5.74) is 0. The van der Waals surface area contributed by atoms with Crippen molar-refractivity contribution in [2.75, 3.05) is 19.6 Å². The van der Waals surface area contributed by atoms with Crippen molar-refractivity contribution in [3.05, 3.63) is 0 Å². The van der Waals surface area contributed by atoms with Gasteiger partial charge in [-0.25, -0.2) is 0 Å². The van der Waals surface area contributed by atoms with Crippen molar-refractivity contribution in [2.24, 2.45) is 5.92 Å². The molecule has 3 heteroatoms. The molecule has 2 aliphatic rings. The van der Waals surface area contributed by atoms with Gasteiger partial charge in [0.15, 0.2) is 0 Å². The molecule has 0 radical (unpaired) electrons. The third-order valence-electron chi connectivity index (χ3n) is 4.24. The molecule has 3 nitrogen and oxygen atoms in total. The van der Waals surface area contributed by atoms with Crippen LogP contribution in [0.3, 0.4) is 0 Å². The molecule has 1 amide bonds. The lowest BCUT2D eigenvalue weighted by atomic mass is 9.88. The second-order valence-corrected chi connectivity index (χ2v) is 5.78. The van der Waals surface area contributed by atoms with Gasteiger partial charge in [0.05, 0.1) is 0 Å². The van der Waals surface area contributed by atoms with Gasteiger partial charge >= 0.3 is 0 Å². The van der Waals surface area contributed by atoms with Gasteiger partial charge in [-0.2, -0.15) is 0 Å². The molecule has 1 aliphatic carbocycles. The number of piperidine rings is 1. The zero-order valence-electron chi connectivity index (χ0n) is 11.1. The van der Waals surface area contributed by atoms with Gasteiger partial charge in [-0.3, -0.25) is 4.79 Å². The quantitative estimate of drug-likeness (QED) is 0.817. The van der Waals surface area contributed by atoms with Crippen molar-refractivity contribution >= 4 is 5.91 Å². The zero-order chi connectivity index (χ0) is 12.1. The Morgan fingerprint density at radius 3 is 2.35 bits per heavy atom. The molecule has 0 aromatic rings. The normalized spacial score (nSPS) is 24.8. The predicted molar refractivity (Wildman–Crippen MR) is 69.9 cm³/mol. The van der Waals surface area contributed by atoms with Crippen molar-refractivity contribution < 1.29 is 4.79 Å². The first-order valence-electron chi connectivity index (χ1n) is 7.23. The number of hydrogen-bond donors (Lipinski definition) is 1. The number of carbonyl (C=O) groups is 1. The van der Waals surface area contributed by atoms with Crippen LogP contribution < -0.4 is 5.32 Å². The number of hydrogen-bond acceptors (Lipinski definition) is 2. The Morgan fingerprint density at radius 1 is 1.12 bits per heavy atom. The number of nitrogens with one attached hydrogen (secondary N) is 1. The standard InChI is InChI=1S/C14H26N2O/c1-12(17)15-14-7-9-16(10-8-14)11-13-5-3-2-4-6-13/h13-14H,2-11H2,1H3,(H,15,17). The summed E-state index contributed by atoms with van der Waals surface area (Å²) in [6, 6.07) is 0.426. The molecule has 1 saturated carbocycles. The van der Waals surface area contributed by atoms with Crippen LogP contribution in [0, 0.1) is 5.92 Å². The molecule has 0 spiro atoms. The summed E-state index contributed by atoms with van der Waals surface area (Å²) in [5, 5.41) is 3.04. The van der Waals surface area contributed by atoms with Crippen LogP contribution in [0.4, 0.5) is 0 Å². The lowest BCUT2D eigenvalue weighted by Crippen LogP contribution is -2.45. The Balaban J connectivity index is 1.66. The molecule has 1 heterocycles. The summed E-state index contributed by atoms with van der Waals surface area (Å²) in [6.07, 6.45) is 9.46. The first kappa shape index (κ1) is 12.9. The smallest absolute Gasteiger partial charge is 0.217 e. The van der Waals surface area contributed by atoms with Crippen molar-refractivity contribution in [3.63, 3.8) is 0 Å². The number of nitrogens with zero attached hydrogens (tertiary/aromatic N) is 1. The maximum atomic E-state index is 11.0. The molecule has 2 fully saturated rings. The highest BCUT2D eigenvalue weighted by Gasteiger charge is 2.22. The lowest BCUT2D eigenvalue weighted by Gasteiger charge is -2.35. The molecular formula is C14H26N2O. The maximum Gasteiger partial charge on any atom is 0.217 e. The largest absolute Gasteiger partial charge is 0.354 e. The number of carbonyl (C=O) groups excluding carboxylic acids is 1.